The van der Waals surface area contributed by atoms with E-state index in [1.165, 1.54) is 28.3 Å². The minimum Gasteiger partial charge on any atom is -0.478 e. The van der Waals surface area contributed by atoms with Gasteiger partial charge in [-0.25, -0.2) is 0 Å². The fraction of sp³-hybridized carbons (Fsp3) is 0.429. The average molecular weight is 507 g/mol. The second kappa shape index (κ2) is 12.3. The van der Waals surface area contributed by atoms with E-state index in [9.17, 15) is 4.79 Å². The van der Waals surface area contributed by atoms with Crippen molar-refractivity contribution in [3.8, 4) is 5.88 Å². The van der Waals surface area contributed by atoms with Crippen LogP contribution in [0.5, 0.6) is 5.88 Å². The van der Waals surface area contributed by atoms with Crippen LogP contribution in [-0.2, 0) is 4.74 Å². The van der Waals surface area contributed by atoms with Crippen LogP contribution in [0.3, 0.4) is 0 Å². The third kappa shape index (κ3) is 6.43. The van der Waals surface area contributed by atoms with Gasteiger partial charge in [0.1, 0.15) is 5.65 Å². The summed E-state index contributed by atoms with van der Waals surface area (Å²) >= 11 is 1.82. The fourth-order valence-electron chi connectivity index (χ4n) is 4.68. The molecule has 0 radical (unpaired) electrons. The summed E-state index contributed by atoms with van der Waals surface area (Å²) in [6.45, 7) is 7.77. The average Bonchev–Trinajstić information content (AvgIpc) is 3.39. The molecule has 0 atom stereocenters. The molecule has 1 aromatic carbocycles. The Hall–Kier alpha value is -2.94. The Bertz CT molecular complexity index is 1310. The highest BCUT2D eigenvalue weighted by Crippen LogP contribution is 2.31. The molecule has 0 spiro atoms. The van der Waals surface area contributed by atoms with Crippen molar-refractivity contribution in [2.45, 2.75) is 25.7 Å². The number of thiophene rings is 1. The zero-order valence-corrected chi connectivity index (χ0v) is 21.5. The zero-order chi connectivity index (χ0) is 24.6. The number of H-pyrrole nitrogens is 1. The number of benzene rings is 1. The van der Waals surface area contributed by atoms with Gasteiger partial charge < -0.3 is 19.4 Å². The number of rotatable bonds is 12. The number of anilines is 1. The van der Waals surface area contributed by atoms with Gasteiger partial charge in [0.15, 0.2) is 0 Å². The maximum absolute atomic E-state index is 11.4. The van der Waals surface area contributed by atoms with Crippen molar-refractivity contribution >= 4 is 38.1 Å². The standard InChI is InChI=1S/C28H34N4O3S/c33-26-10-8-22-9-11-27(30-28(22)29-26)35-20-4-3-19-34-18-2-1-13-31-14-16-32(17-15-31)24-6-5-7-25-23(24)12-21-36-25/h5-12,21H,1-4,13-20H2,(H,29,30,33). The fourth-order valence-corrected chi connectivity index (χ4v) is 5.49. The molecule has 1 saturated heterocycles. The topological polar surface area (TPSA) is 70.7 Å². The van der Waals surface area contributed by atoms with Gasteiger partial charge in [-0.15, -0.1) is 11.3 Å². The maximum atomic E-state index is 11.4. The van der Waals surface area contributed by atoms with Crippen LogP contribution in [0, 0.1) is 0 Å². The van der Waals surface area contributed by atoms with Gasteiger partial charge in [-0.2, -0.15) is 4.98 Å². The van der Waals surface area contributed by atoms with E-state index < -0.39 is 0 Å². The highest BCUT2D eigenvalue weighted by atomic mass is 32.1. The van der Waals surface area contributed by atoms with E-state index in [1.807, 2.05) is 23.5 Å². The Morgan fingerprint density at radius 2 is 1.69 bits per heavy atom. The van der Waals surface area contributed by atoms with E-state index in [1.54, 1.807) is 6.07 Å². The van der Waals surface area contributed by atoms with Gasteiger partial charge in [0.05, 0.1) is 6.61 Å². The first-order valence-electron chi connectivity index (χ1n) is 12.9. The minimum atomic E-state index is -0.158. The van der Waals surface area contributed by atoms with Gasteiger partial charge in [0.2, 0.25) is 11.4 Å². The molecule has 0 aliphatic carbocycles. The maximum Gasteiger partial charge on any atom is 0.249 e. The molecule has 8 heteroatoms. The molecule has 4 aromatic rings. The lowest BCUT2D eigenvalue weighted by Gasteiger charge is -2.36. The second-order valence-corrected chi connectivity index (χ2v) is 10.2. The molecule has 5 rings (SSSR count). The van der Waals surface area contributed by atoms with E-state index in [-0.39, 0.29) is 5.56 Å². The molecule has 0 saturated carbocycles. The summed E-state index contributed by atoms with van der Waals surface area (Å²) in [7, 11) is 0. The molecule has 0 bridgehead atoms. The van der Waals surface area contributed by atoms with E-state index in [2.05, 4.69) is 49.4 Å². The summed E-state index contributed by atoms with van der Waals surface area (Å²) in [5.41, 5.74) is 1.79. The third-order valence-electron chi connectivity index (χ3n) is 6.69. The van der Waals surface area contributed by atoms with Crippen LogP contribution >= 0.6 is 11.3 Å². The number of ether oxygens (including phenoxy) is 2. The van der Waals surface area contributed by atoms with Gasteiger partial charge in [0, 0.05) is 72.7 Å². The molecule has 1 aliphatic heterocycles. The Morgan fingerprint density at radius 3 is 2.58 bits per heavy atom. The molecule has 3 aromatic heterocycles. The molecular formula is C28H34N4O3S. The lowest BCUT2D eigenvalue weighted by molar-refractivity contribution is 0.119. The Balaban J connectivity index is 0.895. The summed E-state index contributed by atoms with van der Waals surface area (Å²) in [5.74, 6) is 0.537. The molecule has 4 heterocycles. The van der Waals surface area contributed by atoms with E-state index >= 15 is 0 Å². The summed E-state index contributed by atoms with van der Waals surface area (Å²) in [5, 5.41) is 4.47. The number of hydrogen-bond acceptors (Lipinski definition) is 7. The van der Waals surface area contributed by atoms with Crippen LogP contribution in [-0.4, -0.2) is 67.4 Å². The highest BCUT2D eigenvalue weighted by molar-refractivity contribution is 7.17. The van der Waals surface area contributed by atoms with E-state index in [0.717, 1.165) is 70.6 Å². The largest absolute Gasteiger partial charge is 0.478 e. The number of aromatic amines is 1. The monoisotopic (exact) mass is 506 g/mol. The first-order chi connectivity index (χ1) is 17.8. The number of aromatic nitrogens is 2. The molecule has 7 nitrogen and oxygen atoms in total. The molecule has 0 unspecified atom stereocenters. The molecular weight excluding hydrogens is 472 g/mol. The summed E-state index contributed by atoms with van der Waals surface area (Å²) < 4.78 is 12.9. The molecule has 190 valence electrons. The number of nitrogens with one attached hydrogen (secondary N) is 1. The molecule has 0 amide bonds. The number of pyridine rings is 2. The van der Waals surface area contributed by atoms with E-state index in [0.29, 0.717) is 18.1 Å². The van der Waals surface area contributed by atoms with Gasteiger partial charge in [-0.1, -0.05) is 6.07 Å². The van der Waals surface area contributed by atoms with E-state index in [4.69, 9.17) is 9.47 Å². The van der Waals surface area contributed by atoms with Crippen molar-refractivity contribution in [2.24, 2.45) is 0 Å². The van der Waals surface area contributed by atoms with Crippen molar-refractivity contribution < 1.29 is 9.47 Å². The first kappa shape index (κ1) is 24.7. The normalized spacial score (nSPS) is 14.6. The number of nitrogens with zero attached hydrogens (tertiary/aromatic N) is 3. The quantitative estimate of drug-likeness (QED) is 0.275. The van der Waals surface area contributed by atoms with Gasteiger partial charge in [0.25, 0.3) is 0 Å². The zero-order valence-electron chi connectivity index (χ0n) is 20.7. The first-order valence-corrected chi connectivity index (χ1v) is 13.8. The van der Waals surface area contributed by atoms with Gasteiger partial charge >= 0.3 is 0 Å². The lowest BCUT2D eigenvalue weighted by Crippen LogP contribution is -2.46. The van der Waals surface area contributed by atoms with Crippen molar-refractivity contribution in [1.82, 2.24) is 14.9 Å². The third-order valence-corrected chi connectivity index (χ3v) is 7.57. The number of fused-ring (bicyclic) bond motifs is 2. The van der Waals surface area contributed by atoms with Crippen molar-refractivity contribution in [2.75, 3.05) is 57.4 Å². The van der Waals surface area contributed by atoms with Crippen molar-refractivity contribution in [3.05, 3.63) is 64.3 Å². The predicted molar refractivity (Wildman–Crippen MR) is 148 cm³/mol. The van der Waals surface area contributed by atoms with Gasteiger partial charge in [-0.3, -0.25) is 9.69 Å². The number of unbranched alkanes of at least 4 members (excludes halogenated alkanes) is 2. The Labute approximate surface area is 215 Å². The Morgan fingerprint density at radius 1 is 0.889 bits per heavy atom. The predicted octanol–water partition coefficient (Wildman–Crippen LogP) is 4.92. The summed E-state index contributed by atoms with van der Waals surface area (Å²) in [6, 6.07) is 15.9. The number of piperazine rings is 1. The molecule has 1 aliphatic rings. The molecule has 36 heavy (non-hydrogen) atoms. The molecule has 1 N–H and O–H groups in total. The van der Waals surface area contributed by atoms with Crippen molar-refractivity contribution in [3.63, 3.8) is 0 Å². The van der Waals surface area contributed by atoms with Crippen LogP contribution < -0.4 is 15.2 Å². The Kier molecular flexibility index (Phi) is 8.48. The van der Waals surface area contributed by atoms with Crippen LogP contribution in [0.15, 0.2) is 58.7 Å². The molecule has 1 fully saturated rings. The number of hydrogen-bond donors (Lipinski definition) is 1. The van der Waals surface area contributed by atoms with Crippen LogP contribution in [0.25, 0.3) is 21.1 Å². The van der Waals surface area contributed by atoms with Gasteiger partial charge in [-0.05, 0) is 67.9 Å². The smallest absolute Gasteiger partial charge is 0.249 e. The van der Waals surface area contributed by atoms with Crippen LogP contribution in [0.4, 0.5) is 5.69 Å². The highest BCUT2D eigenvalue weighted by Gasteiger charge is 2.18. The summed E-state index contributed by atoms with van der Waals surface area (Å²) in [4.78, 5) is 23.6. The van der Waals surface area contributed by atoms with Crippen molar-refractivity contribution in [1.29, 1.82) is 0 Å². The van der Waals surface area contributed by atoms with Crippen LogP contribution in [0.2, 0.25) is 0 Å². The minimum absolute atomic E-state index is 0.158. The van der Waals surface area contributed by atoms with Crippen LogP contribution in [0.1, 0.15) is 25.7 Å². The summed E-state index contributed by atoms with van der Waals surface area (Å²) in [6.07, 6.45) is 4.15. The SMILES string of the molecule is O=c1ccc2ccc(OCCCCOCCCCN3CCN(c4cccc5sccc45)CC3)nc2[nH]1. The second-order valence-electron chi connectivity index (χ2n) is 9.22. The lowest BCUT2D eigenvalue weighted by atomic mass is 10.2.